The number of hydrogen-bond donors (Lipinski definition) is 0. The number of hydrogen-bond acceptors (Lipinski definition) is 4. The summed E-state index contributed by atoms with van der Waals surface area (Å²) in [5, 5.41) is 9.27. The van der Waals surface area contributed by atoms with Crippen molar-refractivity contribution in [1.82, 2.24) is 4.98 Å². The summed E-state index contributed by atoms with van der Waals surface area (Å²) in [5.41, 5.74) is 2.17. The molecule has 2 bridgehead atoms. The van der Waals surface area contributed by atoms with Crippen LogP contribution in [0.3, 0.4) is 0 Å². The van der Waals surface area contributed by atoms with Crippen LogP contribution in [0.15, 0.2) is 18.3 Å². The monoisotopic (exact) mass is 293 g/mol. The molecule has 5 nitrogen and oxygen atoms in total. The average molecular weight is 293 g/mol. The number of nitriles is 1. The smallest absolute Gasteiger partial charge is 0.238 e. The molecule has 1 saturated carbocycles. The topological polar surface area (TPSA) is 74.1 Å². The van der Waals surface area contributed by atoms with E-state index in [-0.39, 0.29) is 35.5 Å². The van der Waals surface area contributed by atoms with Crippen molar-refractivity contribution < 1.29 is 9.59 Å². The van der Waals surface area contributed by atoms with Gasteiger partial charge in [-0.15, -0.1) is 0 Å². The first-order valence-electron chi connectivity index (χ1n) is 7.47. The summed E-state index contributed by atoms with van der Waals surface area (Å²) in [6, 6.07) is 2.11. The van der Waals surface area contributed by atoms with E-state index in [1.807, 2.05) is 0 Å². The first-order valence-corrected chi connectivity index (χ1v) is 7.47. The third-order valence-corrected chi connectivity index (χ3v) is 5.32. The summed E-state index contributed by atoms with van der Waals surface area (Å²) in [4.78, 5) is 31.0. The van der Waals surface area contributed by atoms with Crippen molar-refractivity contribution in [3.63, 3.8) is 0 Å². The normalized spacial score (nSPS) is 31.8. The summed E-state index contributed by atoms with van der Waals surface area (Å²) in [7, 11) is 0. The van der Waals surface area contributed by atoms with Gasteiger partial charge in [-0.25, -0.2) is 4.90 Å². The van der Waals surface area contributed by atoms with Gasteiger partial charge in [-0.2, -0.15) is 5.26 Å². The van der Waals surface area contributed by atoms with E-state index in [4.69, 9.17) is 0 Å². The highest BCUT2D eigenvalue weighted by Crippen LogP contribution is 2.53. The minimum atomic E-state index is -0.228. The summed E-state index contributed by atoms with van der Waals surface area (Å²) < 4.78 is 0. The molecule has 2 amide bonds. The molecule has 0 spiro atoms. The number of anilines is 1. The lowest BCUT2D eigenvalue weighted by Crippen LogP contribution is -2.33. The standard InChI is InChI=1S/C17H15N3O2/c1-8-12(6-18)9(2)19-7-13(8)20-16(21)14-10-3-4-11(5-10)15(14)17(20)22/h3-4,7,10-11,14-15H,5H2,1-2H3. The first kappa shape index (κ1) is 13.2. The molecule has 3 aliphatic rings. The highest BCUT2D eigenvalue weighted by atomic mass is 16.2. The SMILES string of the molecule is Cc1ncc(N2C(=O)C3C4C=CC(C4)C3C2=O)c(C)c1C#N. The van der Waals surface area contributed by atoms with Crippen LogP contribution in [0.4, 0.5) is 5.69 Å². The van der Waals surface area contributed by atoms with Gasteiger partial charge in [-0.05, 0) is 37.7 Å². The van der Waals surface area contributed by atoms with Crippen LogP contribution in [0.25, 0.3) is 0 Å². The Morgan fingerprint density at radius 2 is 1.77 bits per heavy atom. The first-order chi connectivity index (χ1) is 10.5. The van der Waals surface area contributed by atoms with Crippen molar-refractivity contribution in [3.8, 4) is 6.07 Å². The Morgan fingerprint density at radius 1 is 1.18 bits per heavy atom. The number of imide groups is 1. The van der Waals surface area contributed by atoms with Gasteiger partial charge in [-0.3, -0.25) is 14.6 Å². The highest BCUT2D eigenvalue weighted by Gasteiger charge is 2.59. The third kappa shape index (κ3) is 1.45. The highest BCUT2D eigenvalue weighted by molar-refractivity contribution is 6.23. The Morgan fingerprint density at radius 3 is 2.32 bits per heavy atom. The molecule has 4 rings (SSSR count). The fourth-order valence-corrected chi connectivity index (χ4v) is 4.25. The molecule has 22 heavy (non-hydrogen) atoms. The van der Waals surface area contributed by atoms with Gasteiger partial charge >= 0.3 is 0 Å². The molecule has 1 saturated heterocycles. The molecule has 1 aromatic rings. The van der Waals surface area contributed by atoms with Crippen LogP contribution in [0.5, 0.6) is 0 Å². The van der Waals surface area contributed by atoms with Gasteiger partial charge in [0.2, 0.25) is 11.8 Å². The Bertz CT molecular complexity index is 760. The zero-order valence-corrected chi connectivity index (χ0v) is 12.4. The number of fused-ring (bicyclic) bond motifs is 5. The largest absolute Gasteiger partial charge is 0.274 e. The maximum Gasteiger partial charge on any atom is 0.238 e. The molecule has 0 N–H and O–H groups in total. The number of carbonyl (C=O) groups excluding carboxylic acids is 2. The minimum Gasteiger partial charge on any atom is -0.274 e. The van der Waals surface area contributed by atoms with Gasteiger partial charge in [0.25, 0.3) is 0 Å². The second-order valence-corrected chi connectivity index (χ2v) is 6.35. The fourth-order valence-electron chi connectivity index (χ4n) is 4.25. The van der Waals surface area contributed by atoms with E-state index in [9.17, 15) is 14.9 Å². The van der Waals surface area contributed by atoms with E-state index in [1.165, 1.54) is 11.1 Å². The van der Waals surface area contributed by atoms with Crippen LogP contribution in [0, 0.1) is 48.9 Å². The molecule has 2 fully saturated rings. The van der Waals surface area contributed by atoms with E-state index >= 15 is 0 Å². The van der Waals surface area contributed by atoms with Gasteiger partial charge in [0.05, 0.1) is 35.0 Å². The molecule has 0 radical (unpaired) electrons. The van der Waals surface area contributed by atoms with Crippen molar-refractivity contribution in [1.29, 1.82) is 5.26 Å². The lowest BCUT2D eigenvalue weighted by Gasteiger charge is -2.20. The quantitative estimate of drug-likeness (QED) is 0.585. The maximum atomic E-state index is 12.8. The Hall–Kier alpha value is -2.48. The van der Waals surface area contributed by atoms with Crippen molar-refractivity contribution in [2.24, 2.45) is 23.7 Å². The molecule has 110 valence electrons. The van der Waals surface area contributed by atoms with Crippen LogP contribution >= 0.6 is 0 Å². The molecular formula is C17H15N3O2. The number of aromatic nitrogens is 1. The molecule has 0 aromatic carbocycles. The third-order valence-electron chi connectivity index (χ3n) is 5.32. The van der Waals surface area contributed by atoms with Gasteiger partial charge in [0, 0.05) is 0 Å². The lowest BCUT2D eigenvalue weighted by molar-refractivity contribution is -0.123. The summed E-state index contributed by atoms with van der Waals surface area (Å²) in [6.45, 7) is 3.52. The Kier molecular flexibility index (Phi) is 2.56. The zero-order chi connectivity index (χ0) is 15.6. The number of rotatable bonds is 1. The van der Waals surface area contributed by atoms with Gasteiger partial charge in [0.1, 0.15) is 6.07 Å². The predicted molar refractivity (Wildman–Crippen MR) is 78.6 cm³/mol. The number of amides is 2. The van der Waals surface area contributed by atoms with Crippen LogP contribution < -0.4 is 4.90 Å². The fraction of sp³-hybridized carbons (Fsp3) is 0.412. The van der Waals surface area contributed by atoms with Crippen molar-refractivity contribution in [3.05, 3.63) is 35.2 Å². The Balaban J connectivity index is 1.81. The van der Waals surface area contributed by atoms with E-state index in [0.29, 0.717) is 22.5 Å². The van der Waals surface area contributed by atoms with Crippen molar-refractivity contribution >= 4 is 17.5 Å². The van der Waals surface area contributed by atoms with E-state index in [0.717, 1.165) is 6.42 Å². The van der Waals surface area contributed by atoms with E-state index in [2.05, 4.69) is 23.2 Å². The van der Waals surface area contributed by atoms with Gasteiger partial charge < -0.3 is 0 Å². The number of carbonyl (C=O) groups is 2. The lowest BCUT2D eigenvalue weighted by atomic mass is 9.85. The van der Waals surface area contributed by atoms with Crippen molar-refractivity contribution in [2.45, 2.75) is 20.3 Å². The minimum absolute atomic E-state index is 0.135. The predicted octanol–water partition coefficient (Wildman–Crippen LogP) is 1.88. The maximum absolute atomic E-state index is 12.8. The molecule has 1 aromatic heterocycles. The van der Waals surface area contributed by atoms with Crippen LogP contribution in [0.1, 0.15) is 23.2 Å². The van der Waals surface area contributed by atoms with E-state index < -0.39 is 0 Å². The number of aryl methyl sites for hydroxylation is 1. The zero-order valence-electron chi connectivity index (χ0n) is 12.4. The second-order valence-electron chi connectivity index (χ2n) is 6.35. The van der Waals surface area contributed by atoms with Crippen LogP contribution in [0.2, 0.25) is 0 Å². The molecule has 1 aliphatic heterocycles. The summed E-state index contributed by atoms with van der Waals surface area (Å²) in [6.07, 6.45) is 6.59. The van der Waals surface area contributed by atoms with Crippen molar-refractivity contribution in [2.75, 3.05) is 4.90 Å². The Labute approximate surface area is 128 Å². The summed E-state index contributed by atoms with van der Waals surface area (Å²) in [5.74, 6) is -0.354. The second kappa shape index (κ2) is 4.26. The van der Waals surface area contributed by atoms with Gasteiger partial charge in [-0.1, -0.05) is 12.2 Å². The number of allylic oxidation sites excluding steroid dienone is 2. The summed E-state index contributed by atoms with van der Waals surface area (Å²) >= 11 is 0. The molecule has 2 heterocycles. The molecule has 2 aliphatic carbocycles. The molecule has 4 atom stereocenters. The molecule has 5 heteroatoms. The number of nitrogens with zero attached hydrogens (tertiary/aromatic N) is 3. The average Bonchev–Trinajstić information content (AvgIpc) is 3.16. The van der Waals surface area contributed by atoms with Crippen LogP contribution in [-0.2, 0) is 9.59 Å². The van der Waals surface area contributed by atoms with Gasteiger partial charge in [0.15, 0.2) is 0 Å². The molecular weight excluding hydrogens is 278 g/mol. The van der Waals surface area contributed by atoms with E-state index in [1.54, 1.807) is 13.8 Å². The molecule has 4 unspecified atom stereocenters. The van der Waals surface area contributed by atoms with Crippen LogP contribution in [-0.4, -0.2) is 16.8 Å². The number of pyridine rings is 1.